The lowest BCUT2D eigenvalue weighted by Crippen LogP contribution is -2.64. The summed E-state index contributed by atoms with van der Waals surface area (Å²) >= 11 is 0. The summed E-state index contributed by atoms with van der Waals surface area (Å²) in [5.41, 5.74) is -2.24. The van der Waals surface area contributed by atoms with Gasteiger partial charge in [-0.05, 0) is 568 Å². The lowest BCUT2D eigenvalue weighted by Gasteiger charge is -2.64. The van der Waals surface area contributed by atoms with Crippen molar-refractivity contribution in [1.82, 2.24) is 0 Å². The third-order valence-electron chi connectivity index (χ3n) is 49.8. The number of hydrogen-bond acceptors (Lipinski definition) is 12. The van der Waals surface area contributed by atoms with E-state index >= 15 is 0 Å². The zero-order valence-corrected chi connectivity index (χ0v) is 96.5. The molecule has 0 spiro atoms. The molecule has 0 heterocycles. The van der Waals surface area contributed by atoms with Crippen molar-refractivity contribution in [3.8, 4) is 0 Å². The Morgan fingerprint density at radius 1 is 0.266 bits per heavy atom. The Bertz CT molecular complexity index is 4210. The van der Waals surface area contributed by atoms with Gasteiger partial charge in [-0.3, -0.25) is 28.8 Å². The highest BCUT2D eigenvalue weighted by Crippen LogP contribution is 2.73. The van der Waals surface area contributed by atoms with E-state index < -0.39 is 0 Å². The molecule has 29 aliphatic rings. The summed E-state index contributed by atoms with van der Waals surface area (Å²) in [6, 6.07) is 0. The zero-order chi connectivity index (χ0) is 102. The Kier molecular flexibility index (Phi) is 32.1. The molecule has 0 saturated heterocycles. The van der Waals surface area contributed by atoms with E-state index in [1.165, 1.54) is 308 Å². The minimum atomic E-state index is -0.358. The fraction of sp³-hybridized carbons (Fsp3) is 0.954. The SMILES string of the molecule is CCC(C)(C)C(=O)OC1(C2CC3CCC2C3)C2CC3CC(C2)CC1C3.CCC(C)(C)C(=O)OC1(C2CCCC2)C2CC3CC(C2)CC1C3.CCC(C)(C)C(=O)OC1(C2CCCC2C)C2CC3CC(C2)CC1C3.CCC(C)(C)C(=O)OC1(C2CCCCC2)C2CC3CC(C2)CC1C3.CCC(C)(C)C(=O)OC1(CCC(C)C)C2CC3CC1CC(C)(C3)C2.CCC(C)CC1(OC(=O)C(C)(C)CC)C2CC3CC(C2)CC1C3. The summed E-state index contributed by atoms with van der Waals surface area (Å²) in [6.07, 6.45) is 71.6. The molecule has 0 amide bonds. The molecular weight excluding hydrogens is 1770 g/mol. The predicted octanol–water partition coefficient (Wildman–Crippen LogP) is 33.9. The maximum Gasteiger partial charge on any atom is 0.312 e. The van der Waals surface area contributed by atoms with Crippen LogP contribution in [0.15, 0.2) is 0 Å². The van der Waals surface area contributed by atoms with E-state index in [4.69, 9.17) is 28.4 Å². The average molecular weight is 1980 g/mol. The van der Waals surface area contributed by atoms with E-state index in [1.54, 1.807) is 0 Å². The Hall–Kier alpha value is -3.18. The van der Waals surface area contributed by atoms with Crippen molar-refractivity contribution in [2.24, 2.45) is 227 Å². The van der Waals surface area contributed by atoms with Crippen molar-refractivity contribution < 1.29 is 57.2 Å². The monoisotopic (exact) mass is 1980 g/mol. The van der Waals surface area contributed by atoms with Crippen molar-refractivity contribution in [3.63, 3.8) is 0 Å². The van der Waals surface area contributed by atoms with Crippen LogP contribution in [0.2, 0.25) is 0 Å². The fourth-order valence-corrected chi connectivity index (χ4v) is 40.2. The number of ether oxygens (including phenoxy) is 6. The first-order valence-electron chi connectivity index (χ1n) is 63.0. The van der Waals surface area contributed by atoms with E-state index in [0.29, 0.717) is 112 Å². The molecule has 0 radical (unpaired) electrons. The smallest absolute Gasteiger partial charge is 0.312 e. The molecular formula is C131H216O12. The van der Waals surface area contributed by atoms with Crippen LogP contribution in [0, 0.1) is 227 Å². The van der Waals surface area contributed by atoms with Crippen LogP contribution >= 0.6 is 0 Å². The molecule has 12 heteroatoms. The second kappa shape index (κ2) is 41.9. The van der Waals surface area contributed by atoms with Crippen molar-refractivity contribution in [3.05, 3.63) is 0 Å². The number of carbonyl (C=O) groups excluding carboxylic acids is 6. The molecule has 29 rings (SSSR count). The summed E-state index contributed by atoms with van der Waals surface area (Å²) in [4.78, 5) is 78.4. The van der Waals surface area contributed by atoms with Crippen molar-refractivity contribution in [2.75, 3.05) is 0 Å². The summed E-state index contributed by atoms with van der Waals surface area (Å²) in [5, 5.41) is 0. The first-order chi connectivity index (χ1) is 67.6. The third kappa shape index (κ3) is 20.6. The van der Waals surface area contributed by atoms with Crippen molar-refractivity contribution >= 4 is 35.8 Å². The molecule has 29 saturated carbocycles. The largest absolute Gasteiger partial charge is 0.458 e. The zero-order valence-electron chi connectivity index (χ0n) is 96.5. The molecule has 26 bridgehead atoms. The van der Waals surface area contributed by atoms with Crippen LogP contribution in [-0.4, -0.2) is 69.4 Å². The van der Waals surface area contributed by atoms with E-state index in [2.05, 4.69) is 138 Å². The second-order valence-corrected chi connectivity index (χ2v) is 61.5. The van der Waals surface area contributed by atoms with Gasteiger partial charge in [0.1, 0.15) is 33.6 Å². The van der Waals surface area contributed by atoms with Gasteiger partial charge in [0, 0.05) is 11.8 Å². The van der Waals surface area contributed by atoms with Gasteiger partial charge in [0.25, 0.3) is 0 Å². The quantitative estimate of drug-likeness (QED) is 0.0540. The standard InChI is InChI=1S/C23H36O2.2C22H36O2.C22H38O2.C21H34O2.C21H36O2/c1-4-22(2,3)21(24)25-23(20-13-14-5-6-17(20)8-14)18-9-15-7-16(11-18)12-19(23)10-15;1-5-21(3,4)20(23)24-22(19-8-6-7-14(19)2)17-10-15-9-16(12-17)13-18(22)11-15;1-4-21(2,3)20(23)24-22(17-8-6-5-7-9-17)18-11-15-10-16(13-18)14-19(22)12-15;1-7-20(4,5)19(23)24-22(9-8-15(2)3)17-10-16-11-18(22)14-21(6,12-16)13-17;1-4-20(2,3)19(22)23-21(16-7-5-6-8-16)17-10-14-9-15(12-17)13-18(21)11-14;1-6-14(3)13-21(23-19(22)20(4,5)7-2)17-9-15-8-16(11-17)12-18(21)10-15/h14-20H,4-13H2,1-3H3;14-19H,5-13H2,1-4H3;15-19H,4-14H2,1-3H3;15-18H,7-14H2,1-6H3;14-18H,4-13H2,1-3H3;14-18H,6-13H2,1-5H3. The number of esters is 6. The van der Waals surface area contributed by atoms with Crippen LogP contribution in [0.4, 0.5) is 0 Å². The molecule has 812 valence electrons. The van der Waals surface area contributed by atoms with Gasteiger partial charge < -0.3 is 28.4 Å². The molecule has 143 heavy (non-hydrogen) atoms. The highest BCUT2D eigenvalue weighted by molar-refractivity contribution is 5.79. The average Bonchev–Trinajstić information content (AvgIpc) is 1.67. The minimum Gasteiger partial charge on any atom is -0.458 e. The number of rotatable bonds is 28. The van der Waals surface area contributed by atoms with Crippen molar-refractivity contribution in [2.45, 2.75) is 559 Å². The van der Waals surface area contributed by atoms with Gasteiger partial charge in [0.05, 0.1) is 32.5 Å². The van der Waals surface area contributed by atoms with E-state index in [9.17, 15) is 28.8 Å². The van der Waals surface area contributed by atoms with Crippen molar-refractivity contribution in [1.29, 1.82) is 0 Å². The topological polar surface area (TPSA) is 158 Å². The Morgan fingerprint density at radius 2 is 0.552 bits per heavy atom. The third-order valence-corrected chi connectivity index (χ3v) is 49.8. The molecule has 29 aliphatic carbocycles. The maximum atomic E-state index is 13.2. The van der Waals surface area contributed by atoms with Crippen LogP contribution in [0.1, 0.15) is 526 Å². The molecule has 8 atom stereocenters. The maximum absolute atomic E-state index is 13.2. The molecule has 29 fully saturated rings. The van der Waals surface area contributed by atoms with Gasteiger partial charge in [0.2, 0.25) is 0 Å². The molecule has 0 aromatic rings. The van der Waals surface area contributed by atoms with E-state index in [1.807, 2.05) is 27.7 Å². The highest BCUT2D eigenvalue weighted by Gasteiger charge is 2.72. The molecule has 12 nitrogen and oxygen atoms in total. The number of fused-ring (bicyclic) bond motifs is 2. The van der Waals surface area contributed by atoms with Crippen LogP contribution < -0.4 is 0 Å². The summed E-state index contributed by atoms with van der Waals surface area (Å²) in [6.45, 7) is 51.5. The van der Waals surface area contributed by atoms with Gasteiger partial charge in [0.15, 0.2) is 0 Å². The van der Waals surface area contributed by atoms with E-state index in [0.717, 1.165) is 134 Å². The predicted molar refractivity (Wildman–Crippen MR) is 576 cm³/mol. The molecule has 0 aromatic carbocycles. The van der Waals surface area contributed by atoms with Crippen LogP contribution in [0.5, 0.6) is 0 Å². The fourth-order valence-electron chi connectivity index (χ4n) is 40.2. The van der Waals surface area contributed by atoms with Gasteiger partial charge in [-0.1, -0.05) is 141 Å². The Morgan fingerprint density at radius 3 is 0.832 bits per heavy atom. The first kappa shape index (κ1) is 110. The van der Waals surface area contributed by atoms with Gasteiger partial charge in [-0.15, -0.1) is 0 Å². The molecule has 0 N–H and O–H groups in total. The number of hydrogen-bond donors (Lipinski definition) is 0. The highest BCUT2D eigenvalue weighted by atomic mass is 16.6. The normalized spacial score (nSPS) is 44.1. The lowest BCUT2D eigenvalue weighted by molar-refractivity contribution is -0.241. The van der Waals surface area contributed by atoms with Crippen LogP contribution in [-0.2, 0) is 57.2 Å². The first-order valence-corrected chi connectivity index (χ1v) is 63.0. The summed E-state index contributed by atoms with van der Waals surface area (Å²) < 4.78 is 39.8. The van der Waals surface area contributed by atoms with Gasteiger partial charge >= 0.3 is 35.8 Å². The molecule has 8 unspecified atom stereocenters. The van der Waals surface area contributed by atoms with Crippen LogP contribution in [0.25, 0.3) is 0 Å². The second-order valence-electron chi connectivity index (χ2n) is 61.5. The molecule has 0 aromatic heterocycles. The van der Waals surface area contributed by atoms with Crippen LogP contribution in [0.3, 0.4) is 0 Å². The Balaban J connectivity index is 0.000000113. The van der Waals surface area contributed by atoms with Gasteiger partial charge in [-0.25, -0.2) is 0 Å². The van der Waals surface area contributed by atoms with Gasteiger partial charge in [-0.2, -0.15) is 0 Å². The van der Waals surface area contributed by atoms with E-state index in [-0.39, 0.29) is 102 Å². The summed E-state index contributed by atoms with van der Waals surface area (Å²) in [7, 11) is 0. The number of carbonyl (C=O) groups is 6. The minimum absolute atomic E-state index is 0.0476. The molecule has 0 aliphatic heterocycles. The Labute approximate surface area is 874 Å². The summed E-state index contributed by atoms with van der Waals surface area (Å²) in [5.74, 6) is 24.8. The lowest BCUT2D eigenvalue weighted by atomic mass is 9.44.